The van der Waals surface area contributed by atoms with Crippen LogP contribution in [-0.4, -0.2) is 36.1 Å². The van der Waals surface area contributed by atoms with E-state index in [0.29, 0.717) is 13.1 Å². The molecule has 2 rings (SSSR count). The molecule has 18 heavy (non-hydrogen) atoms. The summed E-state index contributed by atoms with van der Waals surface area (Å²) in [6.45, 7) is 1.28. The molecule has 1 aliphatic heterocycles. The van der Waals surface area contributed by atoms with Crippen LogP contribution >= 0.6 is 0 Å². The molecule has 0 bridgehead atoms. The van der Waals surface area contributed by atoms with E-state index >= 15 is 0 Å². The number of nitrogens with zero attached hydrogens (tertiary/aromatic N) is 1. The second-order valence-electron chi connectivity index (χ2n) is 4.28. The van der Waals surface area contributed by atoms with E-state index in [2.05, 4.69) is 5.32 Å². The molecule has 5 nitrogen and oxygen atoms in total. The van der Waals surface area contributed by atoms with Crippen LogP contribution in [0.3, 0.4) is 0 Å². The van der Waals surface area contributed by atoms with Gasteiger partial charge in [0.15, 0.2) is 0 Å². The summed E-state index contributed by atoms with van der Waals surface area (Å²) in [6.07, 6.45) is 0.638. The molecule has 96 valence electrons. The lowest BCUT2D eigenvalue weighted by molar-refractivity contribution is -0.139. The Kier molecular flexibility index (Phi) is 3.94. The molecule has 0 saturated carbocycles. The third-order valence-corrected chi connectivity index (χ3v) is 2.96. The number of rotatable bonds is 3. The van der Waals surface area contributed by atoms with Crippen molar-refractivity contribution in [3.63, 3.8) is 0 Å². The van der Waals surface area contributed by atoms with Crippen molar-refractivity contribution in [3.8, 4) is 0 Å². The van der Waals surface area contributed by atoms with Crippen LogP contribution in [0.15, 0.2) is 30.3 Å². The summed E-state index contributed by atoms with van der Waals surface area (Å²) in [5.41, 5.74) is 0.821. The molecule has 1 aromatic rings. The van der Waals surface area contributed by atoms with Gasteiger partial charge in [-0.1, -0.05) is 18.2 Å². The molecule has 0 aromatic heterocycles. The Labute approximate surface area is 105 Å². The summed E-state index contributed by atoms with van der Waals surface area (Å²) in [4.78, 5) is 24.7. The van der Waals surface area contributed by atoms with Gasteiger partial charge in [-0.3, -0.25) is 9.59 Å². The summed E-state index contributed by atoms with van der Waals surface area (Å²) < 4.78 is 0. The van der Waals surface area contributed by atoms with Crippen molar-refractivity contribution in [2.75, 3.05) is 18.0 Å². The predicted octanol–water partition coefficient (Wildman–Crippen LogP) is 0.856. The van der Waals surface area contributed by atoms with Gasteiger partial charge in [0, 0.05) is 12.2 Å². The first kappa shape index (κ1) is 12.6. The molecule has 1 heterocycles. The smallest absolute Gasteiger partial charge is 0.305 e. The van der Waals surface area contributed by atoms with E-state index in [-0.39, 0.29) is 12.3 Å². The number of carboxylic acids is 1. The zero-order valence-corrected chi connectivity index (χ0v) is 10.0. The van der Waals surface area contributed by atoms with E-state index in [1.54, 1.807) is 4.90 Å². The minimum absolute atomic E-state index is 0.166. The predicted molar refractivity (Wildman–Crippen MR) is 67.5 cm³/mol. The Morgan fingerprint density at radius 2 is 2.11 bits per heavy atom. The third kappa shape index (κ3) is 2.87. The Hall–Kier alpha value is -1.88. The number of para-hydroxylation sites is 1. The molecule has 1 amide bonds. The lowest BCUT2D eigenvalue weighted by atomic mass is 10.1. The van der Waals surface area contributed by atoms with Gasteiger partial charge in [0.1, 0.15) is 0 Å². The Bertz CT molecular complexity index is 433. The Balaban J connectivity index is 2.19. The standard InChI is InChI=1S/C13H16N2O3/c16-12(17)9-11-13(18)15(8-4-7-14-11)10-5-2-1-3-6-10/h1-3,5-6,11,14H,4,7-9H2,(H,16,17). The number of carbonyl (C=O) groups excluding carboxylic acids is 1. The number of aliphatic carboxylic acids is 1. The summed E-state index contributed by atoms with van der Waals surface area (Å²) in [5, 5.41) is 11.8. The first-order valence-electron chi connectivity index (χ1n) is 6.00. The van der Waals surface area contributed by atoms with Crippen LogP contribution < -0.4 is 10.2 Å². The SMILES string of the molecule is O=C(O)CC1NCCCN(c2ccccc2)C1=O. The number of amides is 1. The molecule has 1 aliphatic rings. The average molecular weight is 248 g/mol. The van der Waals surface area contributed by atoms with E-state index in [9.17, 15) is 9.59 Å². The number of carbonyl (C=O) groups is 2. The van der Waals surface area contributed by atoms with Gasteiger partial charge in [-0.2, -0.15) is 0 Å². The molecule has 0 radical (unpaired) electrons. The molecule has 1 atom stereocenters. The zero-order chi connectivity index (χ0) is 13.0. The van der Waals surface area contributed by atoms with Crippen LogP contribution in [0.4, 0.5) is 5.69 Å². The number of hydrogen-bond acceptors (Lipinski definition) is 3. The summed E-state index contributed by atoms with van der Waals surface area (Å²) in [5.74, 6) is -1.13. The van der Waals surface area contributed by atoms with Crippen molar-refractivity contribution < 1.29 is 14.7 Å². The van der Waals surface area contributed by atoms with Gasteiger partial charge in [-0.25, -0.2) is 0 Å². The molecule has 0 aliphatic carbocycles. The van der Waals surface area contributed by atoms with E-state index in [0.717, 1.165) is 12.1 Å². The molecular formula is C13H16N2O3. The second kappa shape index (κ2) is 5.64. The fraction of sp³-hybridized carbons (Fsp3) is 0.385. The highest BCUT2D eigenvalue weighted by molar-refractivity contribution is 5.99. The van der Waals surface area contributed by atoms with Crippen molar-refractivity contribution in [1.82, 2.24) is 5.32 Å². The largest absolute Gasteiger partial charge is 0.481 e. The average Bonchev–Trinajstić information content (AvgIpc) is 2.53. The van der Waals surface area contributed by atoms with E-state index in [4.69, 9.17) is 5.11 Å². The minimum atomic E-state index is -0.962. The van der Waals surface area contributed by atoms with Crippen LogP contribution in [-0.2, 0) is 9.59 Å². The number of hydrogen-bond donors (Lipinski definition) is 2. The normalized spacial score (nSPS) is 20.6. The van der Waals surface area contributed by atoms with Gasteiger partial charge in [-0.15, -0.1) is 0 Å². The second-order valence-corrected chi connectivity index (χ2v) is 4.28. The summed E-state index contributed by atoms with van der Waals surface area (Å²) in [7, 11) is 0. The molecule has 5 heteroatoms. The molecule has 0 spiro atoms. The first-order chi connectivity index (χ1) is 8.68. The van der Waals surface area contributed by atoms with Crippen LogP contribution in [0.25, 0.3) is 0 Å². The van der Waals surface area contributed by atoms with Crippen LogP contribution in [0.2, 0.25) is 0 Å². The highest BCUT2D eigenvalue weighted by Gasteiger charge is 2.29. The number of anilines is 1. The van der Waals surface area contributed by atoms with Gasteiger partial charge in [-0.05, 0) is 25.1 Å². The van der Waals surface area contributed by atoms with Crippen molar-refractivity contribution >= 4 is 17.6 Å². The molecule has 1 saturated heterocycles. The third-order valence-electron chi connectivity index (χ3n) is 2.96. The van der Waals surface area contributed by atoms with Gasteiger partial charge in [0.05, 0.1) is 12.5 Å². The fourth-order valence-electron chi connectivity index (χ4n) is 2.10. The molecule has 1 fully saturated rings. The molecule has 1 aromatic carbocycles. The first-order valence-corrected chi connectivity index (χ1v) is 6.00. The Morgan fingerprint density at radius 1 is 1.39 bits per heavy atom. The monoisotopic (exact) mass is 248 g/mol. The maximum atomic E-state index is 12.3. The van der Waals surface area contributed by atoms with Crippen molar-refractivity contribution in [3.05, 3.63) is 30.3 Å². The number of nitrogens with one attached hydrogen (secondary N) is 1. The van der Waals surface area contributed by atoms with Gasteiger partial charge in [0.2, 0.25) is 5.91 Å². The lowest BCUT2D eigenvalue weighted by Gasteiger charge is -2.23. The topological polar surface area (TPSA) is 69.6 Å². The van der Waals surface area contributed by atoms with Crippen LogP contribution in [0.5, 0.6) is 0 Å². The van der Waals surface area contributed by atoms with E-state index < -0.39 is 12.0 Å². The van der Waals surface area contributed by atoms with Gasteiger partial charge in [0.25, 0.3) is 0 Å². The minimum Gasteiger partial charge on any atom is -0.481 e. The highest BCUT2D eigenvalue weighted by atomic mass is 16.4. The molecule has 2 N–H and O–H groups in total. The van der Waals surface area contributed by atoms with Crippen molar-refractivity contribution in [2.45, 2.75) is 18.9 Å². The number of carboxylic acid groups (broad SMARTS) is 1. The van der Waals surface area contributed by atoms with Gasteiger partial charge < -0.3 is 15.3 Å². The fourth-order valence-corrected chi connectivity index (χ4v) is 2.10. The summed E-state index contributed by atoms with van der Waals surface area (Å²) in [6, 6.07) is 8.71. The van der Waals surface area contributed by atoms with Crippen molar-refractivity contribution in [1.29, 1.82) is 0 Å². The van der Waals surface area contributed by atoms with E-state index in [1.165, 1.54) is 0 Å². The number of benzene rings is 1. The van der Waals surface area contributed by atoms with Crippen LogP contribution in [0.1, 0.15) is 12.8 Å². The van der Waals surface area contributed by atoms with E-state index in [1.807, 2.05) is 30.3 Å². The van der Waals surface area contributed by atoms with Crippen LogP contribution in [0, 0.1) is 0 Å². The quantitative estimate of drug-likeness (QED) is 0.832. The van der Waals surface area contributed by atoms with Gasteiger partial charge >= 0.3 is 5.97 Å². The van der Waals surface area contributed by atoms with Crippen molar-refractivity contribution in [2.24, 2.45) is 0 Å². The molecule has 1 unspecified atom stereocenters. The Morgan fingerprint density at radius 3 is 2.78 bits per heavy atom. The highest BCUT2D eigenvalue weighted by Crippen LogP contribution is 2.17. The zero-order valence-electron chi connectivity index (χ0n) is 10.0. The lowest BCUT2D eigenvalue weighted by Crippen LogP contribution is -2.44. The maximum absolute atomic E-state index is 12.3. The maximum Gasteiger partial charge on any atom is 0.305 e. The molecular weight excluding hydrogens is 232 g/mol. The summed E-state index contributed by atoms with van der Waals surface area (Å²) >= 11 is 0.